The number of hydrogen-bond donors (Lipinski definition) is 1. The lowest BCUT2D eigenvalue weighted by molar-refractivity contribution is 0.139. The van der Waals surface area contributed by atoms with E-state index in [1.54, 1.807) is 0 Å². The highest BCUT2D eigenvalue weighted by Gasteiger charge is 2.17. The molecule has 1 aromatic rings. The Balaban J connectivity index is 1.93. The molecule has 1 N–H and O–H groups in total. The summed E-state index contributed by atoms with van der Waals surface area (Å²) < 4.78 is 0. The Morgan fingerprint density at radius 2 is 1.88 bits per heavy atom. The molecule has 2 heteroatoms. The standard InChI is InChI=1S/C15H21ClO/c16-14-9-5-8-13(11-14)15(17)10-12-6-3-1-2-4-7-12/h5,8-9,11-12,15,17H,1-4,6-7,10H2. The maximum absolute atomic E-state index is 10.2. The molecule has 17 heavy (non-hydrogen) atoms. The van der Waals surface area contributed by atoms with Gasteiger partial charge in [0.15, 0.2) is 0 Å². The predicted molar refractivity (Wildman–Crippen MR) is 72.2 cm³/mol. The highest BCUT2D eigenvalue weighted by Crippen LogP contribution is 2.31. The Labute approximate surface area is 109 Å². The third-order valence-corrected chi connectivity index (χ3v) is 4.00. The van der Waals surface area contributed by atoms with E-state index in [-0.39, 0.29) is 6.10 Å². The van der Waals surface area contributed by atoms with Crippen molar-refractivity contribution in [3.05, 3.63) is 34.9 Å². The van der Waals surface area contributed by atoms with Gasteiger partial charge in [-0.2, -0.15) is 0 Å². The third kappa shape index (κ3) is 4.01. The average Bonchev–Trinajstić information content (AvgIpc) is 2.57. The van der Waals surface area contributed by atoms with Gasteiger partial charge in [0.25, 0.3) is 0 Å². The van der Waals surface area contributed by atoms with Gasteiger partial charge < -0.3 is 5.11 Å². The van der Waals surface area contributed by atoms with E-state index >= 15 is 0 Å². The molecule has 0 spiro atoms. The minimum absolute atomic E-state index is 0.350. The van der Waals surface area contributed by atoms with E-state index in [9.17, 15) is 5.11 Å². The molecule has 0 aromatic heterocycles. The quantitative estimate of drug-likeness (QED) is 0.771. The van der Waals surface area contributed by atoms with E-state index in [1.165, 1.54) is 38.5 Å². The first-order chi connectivity index (χ1) is 8.25. The summed E-state index contributed by atoms with van der Waals surface area (Å²) in [6.45, 7) is 0. The van der Waals surface area contributed by atoms with Crippen LogP contribution in [0.5, 0.6) is 0 Å². The van der Waals surface area contributed by atoms with Crippen molar-refractivity contribution >= 4 is 11.6 Å². The first-order valence-electron chi connectivity index (χ1n) is 6.69. The molecule has 0 bridgehead atoms. The summed E-state index contributed by atoms with van der Waals surface area (Å²) in [7, 11) is 0. The van der Waals surface area contributed by atoms with E-state index in [0.717, 1.165) is 12.0 Å². The van der Waals surface area contributed by atoms with Crippen LogP contribution in [0.25, 0.3) is 0 Å². The van der Waals surface area contributed by atoms with Crippen LogP contribution >= 0.6 is 11.6 Å². The average molecular weight is 253 g/mol. The van der Waals surface area contributed by atoms with E-state index in [2.05, 4.69) is 0 Å². The normalized spacial score (nSPS) is 19.9. The van der Waals surface area contributed by atoms with Gasteiger partial charge in [-0.15, -0.1) is 0 Å². The van der Waals surface area contributed by atoms with Crippen LogP contribution in [-0.2, 0) is 0 Å². The molecule has 0 radical (unpaired) electrons. The lowest BCUT2D eigenvalue weighted by Crippen LogP contribution is -2.06. The largest absolute Gasteiger partial charge is 0.388 e. The molecule has 1 aromatic carbocycles. The zero-order valence-electron chi connectivity index (χ0n) is 10.2. The molecule has 0 amide bonds. The van der Waals surface area contributed by atoms with E-state index in [4.69, 9.17) is 11.6 Å². The topological polar surface area (TPSA) is 20.2 Å². The fourth-order valence-electron chi connectivity index (χ4n) is 2.77. The number of rotatable bonds is 3. The van der Waals surface area contributed by atoms with Crippen molar-refractivity contribution in [2.24, 2.45) is 5.92 Å². The molecule has 1 atom stereocenters. The molecule has 0 aliphatic heterocycles. The second kappa shape index (κ2) is 6.42. The second-order valence-electron chi connectivity index (χ2n) is 5.16. The number of hydrogen-bond acceptors (Lipinski definition) is 1. The number of aliphatic hydroxyl groups is 1. The van der Waals surface area contributed by atoms with Gasteiger partial charge in [-0.05, 0) is 30.0 Å². The molecule has 1 saturated carbocycles. The Hall–Kier alpha value is -0.530. The molecule has 94 valence electrons. The van der Waals surface area contributed by atoms with Crippen LogP contribution in [-0.4, -0.2) is 5.11 Å². The Bertz CT molecular complexity index is 343. The van der Waals surface area contributed by atoms with Crippen molar-refractivity contribution in [2.75, 3.05) is 0 Å². The highest BCUT2D eigenvalue weighted by atomic mass is 35.5. The van der Waals surface area contributed by atoms with Crippen molar-refractivity contribution in [3.63, 3.8) is 0 Å². The molecule has 1 fully saturated rings. The number of aliphatic hydroxyl groups excluding tert-OH is 1. The van der Waals surface area contributed by atoms with Crippen LogP contribution in [0.15, 0.2) is 24.3 Å². The molecule has 2 rings (SSSR count). The smallest absolute Gasteiger partial charge is 0.0793 e. The zero-order chi connectivity index (χ0) is 12.1. The van der Waals surface area contributed by atoms with Crippen molar-refractivity contribution in [1.29, 1.82) is 0 Å². The molecule has 0 heterocycles. The van der Waals surface area contributed by atoms with Crippen LogP contribution in [0.2, 0.25) is 5.02 Å². The Morgan fingerprint density at radius 1 is 1.18 bits per heavy atom. The summed E-state index contributed by atoms with van der Waals surface area (Å²) in [5, 5.41) is 10.9. The SMILES string of the molecule is OC(CC1CCCCCC1)c1cccc(Cl)c1. The summed E-state index contributed by atoms with van der Waals surface area (Å²) in [5.74, 6) is 0.687. The summed E-state index contributed by atoms with van der Waals surface area (Å²) in [6, 6.07) is 7.60. The molecule has 1 aliphatic rings. The van der Waals surface area contributed by atoms with E-state index in [0.29, 0.717) is 10.9 Å². The number of halogens is 1. The van der Waals surface area contributed by atoms with Crippen LogP contribution in [0.3, 0.4) is 0 Å². The van der Waals surface area contributed by atoms with Crippen LogP contribution in [0.4, 0.5) is 0 Å². The van der Waals surface area contributed by atoms with Gasteiger partial charge in [-0.3, -0.25) is 0 Å². The monoisotopic (exact) mass is 252 g/mol. The van der Waals surface area contributed by atoms with Crippen LogP contribution in [0.1, 0.15) is 56.6 Å². The maximum atomic E-state index is 10.2. The van der Waals surface area contributed by atoms with Crippen molar-refractivity contribution in [2.45, 2.75) is 51.0 Å². The van der Waals surface area contributed by atoms with Crippen molar-refractivity contribution in [1.82, 2.24) is 0 Å². The summed E-state index contributed by atoms with van der Waals surface area (Å²) in [4.78, 5) is 0. The summed E-state index contributed by atoms with van der Waals surface area (Å²) in [6.07, 6.45) is 8.47. The second-order valence-corrected chi connectivity index (χ2v) is 5.60. The van der Waals surface area contributed by atoms with Crippen LogP contribution in [0, 0.1) is 5.92 Å². The van der Waals surface area contributed by atoms with Gasteiger partial charge in [0, 0.05) is 5.02 Å². The Kier molecular flexibility index (Phi) is 4.87. The van der Waals surface area contributed by atoms with Gasteiger partial charge in [-0.25, -0.2) is 0 Å². The summed E-state index contributed by atoms with van der Waals surface area (Å²) >= 11 is 5.95. The van der Waals surface area contributed by atoms with Gasteiger partial charge >= 0.3 is 0 Å². The number of benzene rings is 1. The van der Waals surface area contributed by atoms with Gasteiger partial charge in [-0.1, -0.05) is 62.3 Å². The molecule has 1 aliphatic carbocycles. The zero-order valence-corrected chi connectivity index (χ0v) is 11.0. The lowest BCUT2D eigenvalue weighted by Gasteiger charge is -2.18. The Morgan fingerprint density at radius 3 is 2.53 bits per heavy atom. The van der Waals surface area contributed by atoms with E-state index in [1.807, 2.05) is 24.3 Å². The third-order valence-electron chi connectivity index (χ3n) is 3.76. The van der Waals surface area contributed by atoms with Gasteiger partial charge in [0.2, 0.25) is 0 Å². The minimum Gasteiger partial charge on any atom is -0.388 e. The predicted octanol–water partition coefficient (Wildman–Crippen LogP) is 4.73. The molecular formula is C15H21ClO. The van der Waals surface area contributed by atoms with Gasteiger partial charge in [0.05, 0.1) is 6.10 Å². The fraction of sp³-hybridized carbons (Fsp3) is 0.600. The van der Waals surface area contributed by atoms with Gasteiger partial charge in [0.1, 0.15) is 0 Å². The first-order valence-corrected chi connectivity index (χ1v) is 7.07. The first kappa shape index (κ1) is 12.9. The highest BCUT2D eigenvalue weighted by molar-refractivity contribution is 6.30. The summed E-state index contributed by atoms with van der Waals surface area (Å²) in [5.41, 5.74) is 0.960. The van der Waals surface area contributed by atoms with E-state index < -0.39 is 0 Å². The molecule has 0 saturated heterocycles. The van der Waals surface area contributed by atoms with Crippen LogP contribution < -0.4 is 0 Å². The van der Waals surface area contributed by atoms with Crippen molar-refractivity contribution in [3.8, 4) is 0 Å². The molecular weight excluding hydrogens is 232 g/mol. The van der Waals surface area contributed by atoms with Crippen molar-refractivity contribution < 1.29 is 5.11 Å². The minimum atomic E-state index is -0.350. The maximum Gasteiger partial charge on any atom is 0.0793 e. The molecule has 1 nitrogen and oxygen atoms in total. The fourth-order valence-corrected chi connectivity index (χ4v) is 2.96. The lowest BCUT2D eigenvalue weighted by atomic mass is 9.91. The molecule has 1 unspecified atom stereocenters.